The summed E-state index contributed by atoms with van der Waals surface area (Å²) in [5.74, 6) is 0. The van der Waals surface area contributed by atoms with Crippen molar-refractivity contribution in [3.63, 3.8) is 0 Å². The number of alkyl carbamates (subject to hydrolysis) is 1. The number of ether oxygens (including phenoxy) is 1. The van der Waals surface area contributed by atoms with Crippen molar-refractivity contribution < 1.29 is 14.6 Å². The van der Waals surface area contributed by atoms with Crippen LogP contribution in [0.25, 0.3) is 0 Å². The molecule has 0 heterocycles. The van der Waals surface area contributed by atoms with Crippen LogP contribution in [0.3, 0.4) is 0 Å². The van der Waals surface area contributed by atoms with Gasteiger partial charge in [-0.3, -0.25) is 0 Å². The molecule has 0 radical (unpaired) electrons. The molecule has 1 aliphatic rings. The molecule has 1 aliphatic carbocycles. The second-order valence-electron chi connectivity index (χ2n) is 7.00. The van der Waals surface area contributed by atoms with Gasteiger partial charge in [-0.25, -0.2) is 4.79 Å². The Balaban J connectivity index is 2.48. The predicted molar refractivity (Wildman–Crippen MR) is 82.0 cm³/mol. The van der Waals surface area contributed by atoms with Gasteiger partial charge in [0.15, 0.2) is 0 Å². The first-order valence-electron chi connectivity index (χ1n) is 7.31. The highest BCUT2D eigenvalue weighted by Gasteiger charge is 2.75. The van der Waals surface area contributed by atoms with Crippen molar-refractivity contribution in [1.29, 1.82) is 0 Å². The highest BCUT2D eigenvalue weighted by molar-refractivity contribution is 5.68. The molecule has 0 aromatic heterocycles. The van der Waals surface area contributed by atoms with Crippen LogP contribution in [-0.4, -0.2) is 24.9 Å². The molecule has 4 heteroatoms. The molecule has 2 N–H and O–H groups in total. The number of carbonyl (C=O) groups excluding carboxylic acids is 1. The van der Waals surface area contributed by atoms with Crippen LogP contribution in [-0.2, 0) is 10.3 Å². The Hall–Kier alpha value is -1.55. The molecule has 0 saturated heterocycles. The highest BCUT2D eigenvalue weighted by Crippen LogP contribution is 2.72. The number of amides is 1. The van der Waals surface area contributed by atoms with Gasteiger partial charge in [0.25, 0.3) is 0 Å². The largest absolute Gasteiger partial charge is 0.437 e. The minimum absolute atomic E-state index is 0.0125. The predicted octanol–water partition coefficient (Wildman–Crippen LogP) is 2.97. The lowest BCUT2D eigenvalue weighted by atomic mass is 9.74. The molecule has 4 nitrogen and oxygen atoms in total. The van der Waals surface area contributed by atoms with Crippen molar-refractivity contribution in [3.05, 3.63) is 35.4 Å². The van der Waals surface area contributed by atoms with Crippen LogP contribution in [0.4, 0.5) is 4.79 Å². The van der Waals surface area contributed by atoms with Crippen molar-refractivity contribution in [1.82, 2.24) is 5.32 Å². The zero-order valence-electron chi connectivity index (χ0n) is 13.5. The number of aliphatic hydroxyl groups is 1. The van der Waals surface area contributed by atoms with Crippen LogP contribution < -0.4 is 5.32 Å². The number of hydrogen-bond donors (Lipinski definition) is 2. The molecule has 1 saturated carbocycles. The summed E-state index contributed by atoms with van der Waals surface area (Å²) in [6.07, 6.45) is 0.173. The van der Waals surface area contributed by atoms with Gasteiger partial charge >= 0.3 is 6.09 Å². The van der Waals surface area contributed by atoms with Crippen molar-refractivity contribution in [2.75, 3.05) is 13.7 Å². The summed E-state index contributed by atoms with van der Waals surface area (Å²) < 4.78 is 5.75. The van der Waals surface area contributed by atoms with E-state index in [9.17, 15) is 9.90 Å². The van der Waals surface area contributed by atoms with E-state index in [-0.39, 0.29) is 12.0 Å². The lowest BCUT2D eigenvalue weighted by molar-refractivity contribution is -0.00987. The van der Waals surface area contributed by atoms with E-state index in [2.05, 4.69) is 26.1 Å². The molecule has 0 spiro atoms. The maximum atomic E-state index is 11.8. The molecule has 2 rings (SSSR count). The smallest absolute Gasteiger partial charge is 0.407 e. The lowest BCUT2D eigenvalue weighted by Gasteiger charge is -2.35. The Morgan fingerprint density at radius 1 is 1.33 bits per heavy atom. The lowest BCUT2D eigenvalue weighted by Crippen LogP contribution is -2.38. The van der Waals surface area contributed by atoms with Gasteiger partial charge < -0.3 is 15.2 Å². The van der Waals surface area contributed by atoms with Gasteiger partial charge in [-0.2, -0.15) is 0 Å². The summed E-state index contributed by atoms with van der Waals surface area (Å²) in [6, 6.07) is 7.99. The fourth-order valence-corrected chi connectivity index (χ4v) is 3.28. The van der Waals surface area contributed by atoms with Gasteiger partial charge in [0, 0.05) is 18.9 Å². The molecule has 21 heavy (non-hydrogen) atoms. The topological polar surface area (TPSA) is 58.6 Å². The Kier molecular flexibility index (Phi) is 3.79. The first-order valence-corrected chi connectivity index (χ1v) is 7.31. The molecule has 0 aliphatic heterocycles. The number of carbonyl (C=O) groups is 1. The van der Waals surface area contributed by atoms with E-state index in [1.165, 1.54) is 0 Å². The number of benzene rings is 1. The van der Waals surface area contributed by atoms with E-state index >= 15 is 0 Å². The van der Waals surface area contributed by atoms with Gasteiger partial charge in [-0.05, 0) is 17.9 Å². The summed E-state index contributed by atoms with van der Waals surface area (Å²) in [4.78, 5) is 11.8. The van der Waals surface area contributed by atoms with E-state index in [0.717, 1.165) is 11.1 Å². The molecule has 1 amide bonds. The molecule has 1 aromatic rings. The average Bonchev–Trinajstić information content (AvgIpc) is 3.09. The minimum Gasteiger partial charge on any atom is -0.437 e. The van der Waals surface area contributed by atoms with E-state index in [1.54, 1.807) is 7.05 Å². The monoisotopic (exact) mass is 291 g/mol. The van der Waals surface area contributed by atoms with Gasteiger partial charge in [0.2, 0.25) is 0 Å². The van der Waals surface area contributed by atoms with E-state index < -0.39 is 17.1 Å². The molecule has 1 aromatic carbocycles. The number of rotatable bonds is 3. The quantitative estimate of drug-likeness (QED) is 0.900. The van der Waals surface area contributed by atoms with Crippen molar-refractivity contribution in [2.45, 2.75) is 39.7 Å². The van der Waals surface area contributed by atoms with Crippen LogP contribution in [0.2, 0.25) is 0 Å². The maximum absolute atomic E-state index is 11.8. The fourth-order valence-electron chi connectivity index (χ4n) is 3.28. The second kappa shape index (κ2) is 5.02. The van der Waals surface area contributed by atoms with Crippen LogP contribution in [0.5, 0.6) is 0 Å². The number of aryl methyl sites for hydroxylation is 1. The second-order valence-corrected chi connectivity index (χ2v) is 7.00. The van der Waals surface area contributed by atoms with Gasteiger partial charge in [0.1, 0.15) is 5.60 Å². The fraction of sp³-hybridized carbons (Fsp3) is 0.588. The number of aliphatic hydroxyl groups excluding tert-OH is 1. The summed E-state index contributed by atoms with van der Waals surface area (Å²) >= 11 is 0. The van der Waals surface area contributed by atoms with Crippen LogP contribution in [0.15, 0.2) is 24.3 Å². The Morgan fingerprint density at radius 3 is 2.29 bits per heavy atom. The van der Waals surface area contributed by atoms with E-state index in [0.29, 0.717) is 6.42 Å². The number of hydrogen-bond acceptors (Lipinski definition) is 3. The summed E-state index contributed by atoms with van der Waals surface area (Å²) in [7, 11) is 1.55. The third kappa shape index (κ3) is 2.31. The molecule has 2 atom stereocenters. The Bertz CT molecular complexity index is 532. The van der Waals surface area contributed by atoms with Crippen molar-refractivity contribution in [3.8, 4) is 0 Å². The normalized spacial score (nSPS) is 28.1. The SMILES string of the molecule is CNC(=O)OC1(c2ccc(C)cc2)C[C@@]1(CO)C(C)(C)C. The standard InChI is InChI=1S/C17H25NO3/c1-12-6-8-13(9-7-12)17(21-14(20)18-5)10-16(17,11-19)15(2,3)4/h6-9,19H,10-11H2,1-5H3,(H,18,20)/t16-,17?/m1/s1. The summed E-state index contributed by atoms with van der Waals surface area (Å²) in [5.41, 5.74) is 0.705. The third-order valence-corrected chi connectivity index (χ3v) is 4.89. The Labute approximate surface area is 126 Å². The maximum Gasteiger partial charge on any atom is 0.407 e. The van der Waals surface area contributed by atoms with Crippen LogP contribution in [0.1, 0.15) is 38.3 Å². The average molecular weight is 291 g/mol. The number of nitrogens with one attached hydrogen (secondary N) is 1. The molecular formula is C17H25NO3. The van der Waals surface area contributed by atoms with Crippen molar-refractivity contribution in [2.24, 2.45) is 10.8 Å². The van der Waals surface area contributed by atoms with Gasteiger partial charge in [-0.15, -0.1) is 0 Å². The van der Waals surface area contributed by atoms with E-state index in [4.69, 9.17) is 4.74 Å². The first-order chi connectivity index (χ1) is 9.72. The molecule has 1 unspecified atom stereocenters. The van der Waals surface area contributed by atoms with Crippen LogP contribution in [0, 0.1) is 17.8 Å². The zero-order chi connectivity index (χ0) is 15.9. The molecular weight excluding hydrogens is 266 g/mol. The highest BCUT2D eigenvalue weighted by atomic mass is 16.6. The summed E-state index contributed by atoms with van der Waals surface area (Å²) in [6.45, 7) is 8.23. The van der Waals surface area contributed by atoms with E-state index in [1.807, 2.05) is 31.2 Å². The molecule has 1 fully saturated rings. The van der Waals surface area contributed by atoms with Gasteiger partial charge in [-0.1, -0.05) is 50.6 Å². The first kappa shape index (κ1) is 15.8. The molecule has 0 bridgehead atoms. The minimum atomic E-state index is -0.756. The van der Waals surface area contributed by atoms with Crippen molar-refractivity contribution >= 4 is 6.09 Å². The zero-order valence-corrected chi connectivity index (χ0v) is 13.5. The third-order valence-electron chi connectivity index (χ3n) is 4.89. The van der Waals surface area contributed by atoms with Crippen LogP contribution >= 0.6 is 0 Å². The summed E-state index contributed by atoms with van der Waals surface area (Å²) in [5, 5.41) is 12.5. The Morgan fingerprint density at radius 2 is 1.90 bits per heavy atom. The van der Waals surface area contributed by atoms with Gasteiger partial charge in [0.05, 0.1) is 6.61 Å². The molecule has 116 valence electrons.